The van der Waals surface area contributed by atoms with Crippen LogP contribution in [0.1, 0.15) is 62.1 Å². The summed E-state index contributed by atoms with van der Waals surface area (Å²) in [6.07, 6.45) is -12.8. The van der Waals surface area contributed by atoms with Crippen LogP contribution in [0.4, 0.5) is 0 Å². The van der Waals surface area contributed by atoms with Crippen molar-refractivity contribution in [2.45, 2.75) is 30.7 Å². The van der Waals surface area contributed by atoms with Crippen molar-refractivity contribution in [2.24, 2.45) is 0 Å². The number of carboxylic acids is 1. The number of esters is 5. The summed E-state index contributed by atoms with van der Waals surface area (Å²) in [6, 6.07) is 3.63. The SMILES string of the molecule is O=C1O[C@@H]2O[C@@H]3COC(=O)c4cc(O)c(O)c(O)c4-c4c(cc(O)c(O)c4O)C(=O)O[C@H]3[C@H](OC(=O)c3cc(O)c(O)c(O)c3)[C@H]2OC(=O)c2cc(Oc3c(C(=O)O)cc(O)c(O)c3O)c(O)c(O)c2Oc2cc1cc(O)c2O. The Bertz CT molecular complexity index is 3670. The van der Waals surface area contributed by atoms with Crippen LogP contribution >= 0.6 is 0 Å². The number of ether oxygens (including phenoxy) is 8. The largest absolute Gasteiger partial charge is 0.504 e. The van der Waals surface area contributed by atoms with Crippen molar-refractivity contribution in [1.82, 2.24) is 0 Å². The molecule has 31 nitrogen and oxygen atoms in total. The topological polar surface area (TPSA) is 520 Å². The second kappa shape index (κ2) is 19.0. The van der Waals surface area contributed by atoms with Gasteiger partial charge in [0.2, 0.25) is 52.6 Å². The highest BCUT2D eigenvalue weighted by molar-refractivity contribution is 6.08. The summed E-state index contributed by atoms with van der Waals surface area (Å²) >= 11 is 0. The van der Waals surface area contributed by atoms with E-state index in [2.05, 4.69) is 0 Å². The van der Waals surface area contributed by atoms with Crippen LogP contribution in [0.2, 0.25) is 0 Å². The Hall–Kier alpha value is -11.5. The number of phenolic OH excluding ortho intramolecular Hbond substituents is 16. The van der Waals surface area contributed by atoms with E-state index in [-0.39, 0.29) is 0 Å². The van der Waals surface area contributed by atoms with Crippen molar-refractivity contribution >= 4 is 35.8 Å². The molecular formula is C48H32O31. The van der Waals surface area contributed by atoms with Gasteiger partial charge in [0.25, 0.3) is 0 Å². The highest BCUT2D eigenvalue weighted by Gasteiger charge is 2.56. The summed E-state index contributed by atoms with van der Waals surface area (Å²) in [6.45, 7) is -1.33. The zero-order chi connectivity index (χ0) is 57.5. The first-order chi connectivity index (χ1) is 37.2. The lowest BCUT2D eigenvalue weighted by Crippen LogP contribution is -2.63. The Balaban J connectivity index is 1.27. The van der Waals surface area contributed by atoms with Gasteiger partial charge >= 0.3 is 35.8 Å². The smallest absolute Gasteiger partial charge is 0.342 e. The Morgan fingerprint density at radius 3 is 1.63 bits per heavy atom. The number of rotatable bonds is 5. The molecule has 5 atom stereocenters. The van der Waals surface area contributed by atoms with Crippen molar-refractivity contribution in [2.75, 3.05) is 6.61 Å². The summed E-state index contributed by atoms with van der Waals surface area (Å²) in [5.74, 6) is -37.4. The fraction of sp³-hybridized carbons (Fsp3) is 0.125. The van der Waals surface area contributed by atoms with Crippen LogP contribution in [0.25, 0.3) is 11.1 Å². The number of phenols is 16. The second-order valence-electron chi connectivity index (χ2n) is 16.8. The van der Waals surface area contributed by atoms with Gasteiger partial charge in [-0.2, -0.15) is 0 Å². The number of aromatic hydroxyl groups is 16. The molecule has 0 unspecified atom stereocenters. The molecule has 0 aromatic heterocycles. The van der Waals surface area contributed by atoms with Gasteiger partial charge in [-0.25, -0.2) is 28.8 Å². The second-order valence-corrected chi connectivity index (χ2v) is 16.8. The average Bonchev–Trinajstić information content (AvgIpc) is 3.67. The van der Waals surface area contributed by atoms with Gasteiger partial charge in [-0.3, -0.25) is 0 Å². The lowest BCUT2D eigenvalue weighted by atomic mass is 9.92. The van der Waals surface area contributed by atoms with E-state index in [1.165, 1.54) is 0 Å². The minimum absolute atomic E-state index is 0.352. The molecule has 17 N–H and O–H groups in total. The highest BCUT2D eigenvalue weighted by atomic mass is 16.7. The van der Waals surface area contributed by atoms with E-state index in [0.717, 1.165) is 0 Å². The molecule has 2 bridgehead atoms. The van der Waals surface area contributed by atoms with E-state index in [1.54, 1.807) is 0 Å². The van der Waals surface area contributed by atoms with Gasteiger partial charge in [0.1, 0.15) is 23.8 Å². The van der Waals surface area contributed by atoms with Crippen LogP contribution in [0.3, 0.4) is 0 Å². The first kappa shape index (κ1) is 52.4. The molecule has 0 spiro atoms. The molecule has 3 heterocycles. The fourth-order valence-electron chi connectivity index (χ4n) is 8.17. The molecule has 9 rings (SSSR count). The predicted octanol–water partition coefficient (Wildman–Crippen LogP) is 2.97. The first-order valence-corrected chi connectivity index (χ1v) is 21.7. The molecule has 0 amide bonds. The maximum Gasteiger partial charge on any atom is 0.342 e. The molecule has 1 fully saturated rings. The molecule has 79 heavy (non-hydrogen) atoms. The number of carbonyl (C=O) groups excluding carboxylic acids is 5. The van der Waals surface area contributed by atoms with Crippen molar-refractivity contribution in [3.8, 4) is 126 Å². The third kappa shape index (κ3) is 8.78. The number of benzene rings is 6. The van der Waals surface area contributed by atoms with Crippen LogP contribution in [-0.4, -0.2) is 160 Å². The number of carbonyl (C=O) groups is 6. The van der Waals surface area contributed by atoms with Crippen LogP contribution < -0.4 is 9.47 Å². The molecule has 6 aromatic carbocycles. The number of carboxylic acid groups (broad SMARTS) is 1. The molecule has 0 saturated carbocycles. The molecule has 0 radical (unpaired) electrons. The molecule has 6 aromatic rings. The summed E-state index contributed by atoms with van der Waals surface area (Å²) in [5, 5.41) is 180. The molecule has 3 aliphatic rings. The third-order valence-corrected chi connectivity index (χ3v) is 12.0. The zero-order valence-corrected chi connectivity index (χ0v) is 38.5. The Labute approximate surface area is 433 Å². The van der Waals surface area contributed by atoms with Crippen LogP contribution in [0.5, 0.6) is 115 Å². The summed E-state index contributed by atoms with van der Waals surface area (Å²) < 4.78 is 44.9. The van der Waals surface area contributed by atoms with Crippen molar-refractivity contribution in [3.63, 3.8) is 0 Å². The quantitative estimate of drug-likeness (QED) is 0.0670. The normalized spacial score (nSPS) is 18.7. The Morgan fingerprint density at radius 1 is 0.494 bits per heavy atom. The van der Waals surface area contributed by atoms with Gasteiger partial charge in [-0.1, -0.05) is 0 Å². The van der Waals surface area contributed by atoms with Crippen molar-refractivity contribution < 1.29 is 153 Å². The Kier molecular flexibility index (Phi) is 12.6. The Morgan fingerprint density at radius 2 is 1.03 bits per heavy atom. The summed E-state index contributed by atoms with van der Waals surface area (Å²) in [4.78, 5) is 84.0. The lowest BCUT2D eigenvalue weighted by Gasteiger charge is -2.44. The predicted molar refractivity (Wildman–Crippen MR) is 243 cm³/mol. The number of aromatic carboxylic acids is 1. The minimum atomic E-state index is -2.71. The van der Waals surface area contributed by atoms with Gasteiger partial charge in [0, 0.05) is 23.3 Å². The van der Waals surface area contributed by atoms with Crippen LogP contribution in [0, 0.1) is 0 Å². The number of cyclic esters (lactones) is 1. The zero-order valence-electron chi connectivity index (χ0n) is 38.5. The number of fused-ring (bicyclic) bond motifs is 8. The molecule has 3 aliphatic heterocycles. The number of hydrogen-bond acceptors (Lipinski definition) is 30. The monoisotopic (exact) mass is 1100 g/mol. The summed E-state index contributed by atoms with van der Waals surface area (Å²) in [7, 11) is 0. The van der Waals surface area contributed by atoms with Crippen LogP contribution in [-0.2, 0) is 28.4 Å². The van der Waals surface area contributed by atoms with Gasteiger partial charge in [0.15, 0.2) is 87.0 Å². The van der Waals surface area contributed by atoms with E-state index in [4.69, 9.17) is 37.9 Å². The van der Waals surface area contributed by atoms with E-state index >= 15 is 0 Å². The van der Waals surface area contributed by atoms with Crippen molar-refractivity contribution in [1.29, 1.82) is 0 Å². The third-order valence-electron chi connectivity index (χ3n) is 12.0. The minimum Gasteiger partial charge on any atom is -0.504 e. The highest BCUT2D eigenvalue weighted by Crippen LogP contribution is 2.56. The van der Waals surface area contributed by atoms with Gasteiger partial charge in [-0.05, 0) is 36.4 Å². The maximum atomic E-state index is 14.9. The van der Waals surface area contributed by atoms with Gasteiger partial charge in [0.05, 0.1) is 22.3 Å². The van der Waals surface area contributed by atoms with Crippen LogP contribution in [0.15, 0.2) is 48.5 Å². The summed E-state index contributed by atoms with van der Waals surface area (Å²) in [5.41, 5.74) is -8.56. The molecule has 1 saturated heterocycles. The standard InChI is InChI=1S/C48H32O31/c49-16-1-10(2-17(50)27(16)55)43(67)77-40-39-24(9-72-45(69)12-5-19(52)29(57)33(61)25(12)26-13(46(70)76-39)6-20(53)30(58)34(26)62)75-48-41(40)78-47(71)15-8-23(74-37-14(42(65)66)7-21(54)31(59)35(37)63)32(60)36(64)38(15)73-22-4-11(44(68)79-48)3-18(51)28(22)56/h1-8,24,39-41,48-64H,9H2,(H,65,66)/t24-,39-,40+,41-,48+/m1/s1. The van der Waals surface area contributed by atoms with E-state index in [9.17, 15) is 116 Å². The maximum absolute atomic E-state index is 14.9. The van der Waals surface area contributed by atoms with E-state index in [0.29, 0.717) is 48.5 Å². The number of hydrogen-bond donors (Lipinski definition) is 17. The van der Waals surface area contributed by atoms with Gasteiger partial charge < -0.3 is 125 Å². The van der Waals surface area contributed by atoms with Gasteiger partial charge in [-0.15, -0.1) is 0 Å². The first-order valence-electron chi connectivity index (χ1n) is 21.7. The molecular weight excluding hydrogens is 1070 g/mol. The lowest BCUT2D eigenvalue weighted by molar-refractivity contribution is -0.282. The van der Waals surface area contributed by atoms with Crippen molar-refractivity contribution in [3.05, 3.63) is 81.9 Å². The average molecular weight is 1100 g/mol. The molecule has 0 aliphatic carbocycles. The molecule has 410 valence electrons. The fourth-order valence-corrected chi connectivity index (χ4v) is 8.17. The van der Waals surface area contributed by atoms with E-state index in [1.807, 2.05) is 0 Å². The molecule has 31 heteroatoms. The van der Waals surface area contributed by atoms with E-state index < -0.39 is 233 Å².